The quantitative estimate of drug-likeness (QED) is 0.920. The third-order valence-corrected chi connectivity index (χ3v) is 4.72. The number of pyridine rings is 1. The van der Waals surface area contributed by atoms with E-state index in [0.29, 0.717) is 5.92 Å². The molecule has 1 aromatic rings. The van der Waals surface area contributed by atoms with Crippen molar-refractivity contribution in [3.8, 4) is 0 Å². The molecule has 120 valence electrons. The normalized spacial score (nSPS) is 22.1. The Hall–Kier alpha value is -1.62. The summed E-state index contributed by atoms with van der Waals surface area (Å²) in [5, 5.41) is 3.23. The van der Waals surface area contributed by atoms with Crippen molar-refractivity contribution in [3.63, 3.8) is 0 Å². The largest absolute Gasteiger partial charge is 0.356 e. The Morgan fingerprint density at radius 1 is 1.32 bits per heavy atom. The zero-order valence-corrected chi connectivity index (χ0v) is 13.4. The Labute approximate surface area is 132 Å². The van der Waals surface area contributed by atoms with Crippen LogP contribution in [0.5, 0.6) is 0 Å². The number of hydrogen-bond donors (Lipinski definition) is 1. The number of amides is 1. The summed E-state index contributed by atoms with van der Waals surface area (Å²) < 4.78 is 0. The first-order chi connectivity index (χ1) is 10.8. The lowest BCUT2D eigenvalue weighted by molar-refractivity contribution is 0.0674. The van der Waals surface area contributed by atoms with E-state index in [-0.39, 0.29) is 5.91 Å². The maximum absolute atomic E-state index is 13.0. The number of piperidine rings is 1. The minimum absolute atomic E-state index is 0.149. The number of nitrogens with one attached hydrogen (secondary N) is 1. The molecule has 1 atom stereocenters. The Morgan fingerprint density at radius 2 is 2.14 bits per heavy atom. The number of carbonyl (C=O) groups is 1. The van der Waals surface area contributed by atoms with E-state index in [2.05, 4.69) is 15.2 Å². The Bertz CT molecular complexity index is 511. The zero-order chi connectivity index (χ0) is 15.4. The summed E-state index contributed by atoms with van der Waals surface area (Å²) in [6.45, 7) is 4.73. The van der Waals surface area contributed by atoms with Gasteiger partial charge in [-0.05, 0) is 57.3 Å². The number of anilines is 1. The fraction of sp³-hybridized carbons (Fsp3) is 0.647. The van der Waals surface area contributed by atoms with Crippen molar-refractivity contribution >= 4 is 11.7 Å². The van der Waals surface area contributed by atoms with Gasteiger partial charge in [0.1, 0.15) is 5.82 Å². The maximum Gasteiger partial charge on any atom is 0.257 e. The second-order valence-corrected chi connectivity index (χ2v) is 6.39. The molecule has 3 heterocycles. The van der Waals surface area contributed by atoms with Crippen LogP contribution in [0.2, 0.25) is 0 Å². The molecule has 0 aromatic carbocycles. The highest BCUT2D eigenvalue weighted by atomic mass is 16.2. The van der Waals surface area contributed by atoms with Gasteiger partial charge in [0.2, 0.25) is 0 Å². The summed E-state index contributed by atoms with van der Waals surface area (Å²) in [5.41, 5.74) is 0.773. The van der Waals surface area contributed by atoms with Gasteiger partial charge < -0.3 is 15.1 Å². The van der Waals surface area contributed by atoms with Crippen molar-refractivity contribution < 1.29 is 4.79 Å². The number of nitrogens with zero attached hydrogens (tertiary/aromatic N) is 3. The topological polar surface area (TPSA) is 48.5 Å². The highest BCUT2D eigenvalue weighted by Gasteiger charge is 2.27. The van der Waals surface area contributed by atoms with Gasteiger partial charge in [-0.2, -0.15) is 0 Å². The van der Waals surface area contributed by atoms with Crippen LogP contribution in [-0.4, -0.2) is 55.6 Å². The summed E-state index contributed by atoms with van der Waals surface area (Å²) in [5.74, 6) is 1.59. The van der Waals surface area contributed by atoms with Crippen LogP contribution in [0.4, 0.5) is 5.82 Å². The van der Waals surface area contributed by atoms with Crippen molar-refractivity contribution in [3.05, 3.63) is 23.9 Å². The lowest BCUT2D eigenvalue weighted by Gasteiger charge is -2.33. The Kier molecular flexibility index (Phi) is 4.93. The lowest BCUT2D eigenvalue weighted by Crippen LogP contribution is -2.43. The standard InChI is InChI=1S/C17H26N4O/c1-18-12-14-6-5-11-21(13-14)17(22)15-7-4-8-19-16(15)20-9-2-3-10-20/h4,7-8,14,18H,2-3,5-6,9-13H2,1H3. The van der Waals surface area contributed by atoms with E-state index in [1.54, 1.807) is 6.20 Å². The van der Waals surface area contributed by atoms with Gasteiger partial charge in [0, 0.05) is 32.4 Å². The molecule has 2 saturated heterocycles. The fourth-order valence-corrected chi connectivity index (χ4v) is 3.62. The molecule has 0 aliphatic carbocycles. The fourth-order valence-electron chi connectivity index (χ4n) is 3.62. The molecule has 22 heavy (non-hydrogen) atoms. The third-order valence-electron chi connectivity index (χ3n) is 4.72. The first kappa shape index (κ1) is 15.3. The molecule has 0 radical (unpaired) electrons. The second-order valence-electron chi connectivity index (χ2n) is 6.39. The van der Waals surface area contributed by atoms with Crippen LogP contribution >= 0.6 is 0 Å². The van der Waals surface area contributed by atoms with E-state index in [9.17, 15) is 4.79 Å². The molecule has 5 nitrogen and oxygen atoms in total. The van der Waals surface area contributed by atoms with Crippen LogP contribution < -0.4 is 10.2 Å². The van der Waals surface area contributed by atoms with Gasteiger partial charge in [-0.3, -0.25) is 4.79 Å². The molecule has 0 spiro atoms. The predicted octanol–water partition coefficient (Wildman–Crippen LogP) is 1.75. The smallest absolute Gasteiger partial charge is 0.257 e. The number of aromatic nitrogens is 1. The van der Waals surface area contributed by atoms with Crippen LogP contribution in [0, 0.1) is 5.92 Å². The van der Waals surface area contributed by atoms with Gasteiger partial charge >= 0.3 is 0 Å². The van der Waals surface area contributed by atoms with Crippen LogP contribution in [0.1, 0.15) is 36.0 Å². The van der Waals surface area contributed by atoms with E-state index in [1.807, 2.05) is 24.1 Å². The first-order valence-corrected chi connectivity index (χ1v) is 8.43. The van der Waals surface area contributed by atoms with Gasteiger partial charge in [0.15, 0.2) is 0 Å². The number of likely N-dealkylation sites (tertiary alicyclic amines) is 1. The molecule has 2 aliphatic rings. The molecule has 1 N–H and O–H groups in total. The zero-order valence-electron chi connectivity index (χ0n) is 13.4. The predicted molar refractivity (Wildman–Crippen MR) is 88.2 cm³/mol. The molecular weight excluding hydrogens is 276 g/mol. The molecule has 1 amide bonds. The second kappa shape index (κ2) is 7.09. The van der Waals surface area contributed by atoms with E-state index in [1.165, 1.54) is 19.3 Å². The van der Waals surface area contributed by atoms with Crippen molar-refractivity contribution in [2.75, 3.05) is 44.7 Å². The molecule has 1 aromatic heterocycles. The number of carbonyl (C=O) groups excluding carboxylic acids is 1. The van der Waals surface area contributed by atoms with Crippen LogP contribution in [0.15, 0.2) is 18.3 Å². The summed E-state index contributed by atoms with van der Waals surface area (Å²) in [4.78, 5) is 21.7. The van der Waals surface area contributed by atoms with Gasteiger partial charge in [-0.25, -0.2) is 4.98 Å². The van der Waals surface area contributed by atoms with E-state index in [0.717, 1.165) is 50.5 Å². The van der Waals surface area contributed by atoms with E-state index < -0.39 is 0 Å². The minimum atomic E-state index is 0.149. The summed E-state index contributed by atoms with van der Waals surface area (Å²) in [6, 6.07) is 3.81. The highest BCUT2D eigenvalue weighted by molar-refractivity contribution is 5.99. The van der Waals surface area contributed by atoms with Crippen molar-refractivity contribution in [1.82, 2.24) is 15.2 Å². The van der Waals surface area contributed by atoms with Gasteiger partial charge in [-0.1, -0.05) is 0 Å². The minimum Gasteiger partial charge on any atom is -0.356 e. The monoisotopic (exact) mass is 302 g/mol. The summed E-state index contributed by atoms with van der Waals surface area (Å²) >= 11 is 0. The molecule has 0 saturated carbocycles. The van der Waals surface area contributed by atoms with Crippen molar-refractivity contribution in [2.24, 2.45) is 5.92 Å². The average molecular weight is 302 g/mol. The van der Waals surface area contributed by atoms with E-state index in [4.69, 9.17) is 0 Å². The summed E-state index contributed by atoms with van der Waals surface area (Å²) in [6.07, 6.45) is 6.48. The molecule has 2 fully saturated rings. The molecule has 1 unspecified atom stereocenters. The first-order valence-electron chi connectivity index (χ1n) is 8.43. The van der Waals surface area contributed by atoms with Gasteiger partial charge in [0.25, 0.3) is 5.91 Å². The summed E-state index contributed by atoms with van der Waals surface area (Å²) in [7, 11) is 1.98. The van der Waals surface area contributed by atoms with Crippen LogP contribution in [0.3, 0.4) is 0 Å². The van der Waals surface area contributed by atoms with Crippen LogP contribution in [-0.2, 0) is 0 Å². The molecule has 0 bridgehead atoms. The average Bonchev–Trinajstić information content (AvgIpc) is 3.09. The third kappa shape index (κ3) is 3.24. The van der Waals surface area contributed by atoms with Gasteiger partial charge in [0.05, 0.1) is 5.56 Å². The SMILES string of the molecule is CNCC1CCCN(C(=O)c2cccnc2N2CCCC2)C1. The van der Waals surface area contributed by atoms with Crippen LogP contribution in [0.25, 0.3) is 0 Å². The number of hydrogen-bond acceptors (Lipinski definition) is 4. The highest BCUT2D eigenvalue weighted by Crippen LogP contribution is 2.25. The molecule has 3 rings (SSSR count). The number of rotatable bonds is 4. The maximum atomic E-state index is 13.0. The van der Waals surface area contributed by atoms with E-state index >= 15 is 0 Å². The molecule has 5 heteroatoms. The molecular formula is C17H26N4O. The molecule has 2 aliphatic heterocycles. The van der Waals surface area contributed by atoms with Gasteiger partial charge in [-0.15, -0.1) is 0 Å². The Morgan fingerprint density at radius 3 is 2.91 bits per heavy atom. The lowest BCUT2D eigenvalue weighted by atomic mass is 9.97. The van der Waals surface area contributed by atoms with Crippen molar-refractivity contribution in [2.45, 2.75) is 25.7 Å². The Balaban J connectivity index is 1.77. The van der Waals surface area contributed by atoms with Crippen molar-refractivity contribution in [1.29, 1.82) is 0 Å².